The minimum Gasteiger partial charge on any atom is -0.346 e. The first-order chi connectivity index (χ1) is 14.6. The molecular weight excluding hydrogens is 399 g/mol. The molecule has 166 valence electrons. The second-order valence-corrected chi connectivity index (χ2v) is 8.29. The zero-order chi connectivity index (χ0) is 22.9. The SMILES string of the molecule is Cc1ccc(NC(=O)c2c(C)c(C(=O)C(=O)N[C@H]3CCN[C@H](C)C3)n(C)c2C)cc1F. The van der Waals surface area contributed by atoms with Gasteiger partial charge in [-0.25, -0.2) is 4.39 Å². The Morgan fingerprint density at radius 3 is 2.55 bits per heavy atom. The van der Waals surface area contributed by atoms with E-state index in [1.165, 1.54) is 6.07 Å². The number of aryl methyl sites for hydroxylation is 1. The fourth-order valence-corrected chi connectivity index (χ4v) is 4.12. The molecule has 3 rings (SSSR count). The van der Waals surface area contributed by atoms with Crippen molar-refractivity contribution in [2.75, 3.05) is 11.9 Å². The Morgan fingerprint density at radius 2 is 1.90 bits per heavy atom. The lowest BCUT2D eigenvalue weighted by Crippen LogP contribution is -2.48. The van der Waals surface area contributed by atoms with Crippen molar-refractivity contribution in [3.05, 3.63) is 52.1 Å². The number of carbonyl (C=O) groups excluding carboxylic acids is 3. The summed E-state index contributed by atoms with van der Waals surface area (Å²) in [4.78, 5) is 38.5. The molecule has 1 aliphatic rings. The second kappa shape index (κ2) is 9.01. The van der Waals surface area contributed by atoms with Crippen molar-refractivity contribution in [2.45, 2.75) is 52.6 Å². The minimum atomic E-state index is -0.672. The van der Waals surface area contributed by atoms with E-state index in [-0.39, 0.29) is 17.8 Å². The van der Waals surface area contributed by atoms with Gasteiger partial charge in [-0.15, -0.1) is 0 Å². The fraction of sp³-hybridized carbons (Fsp3) is 0.435. The van der Waals surface area contributed by atoms with Crippen molar-refractivity contribution in [3.8, 4) is 0 Å². The largest absolute Gasteiger partial charge is 0.346 e. The van der Waals surface area contributed by atoms with Crippen molar-refractivity contribution in [3.63, 3.8) is 0 Å². The summed E-state index contributed by atoms with van der Waals surface area (Å²) in [5, 5.41) is 8.81. The van der Waals surface area contributed by atoms with E-state index in [0.717, 1.165) is 19.4 Å². The molecule has 1 fully saturated rings. The second-order valence-electron chi connectivity index (χ2n) is 8.29. The average Bonchev–Trinajstić information content (AvgIpc) is 2.92. The monoisotopic (exact) mass is 428 g/mol. The molecule has 2 amide bonds. The van der Waals surface area contributed by atoms with Crippen molar-refractivity contribution in [1.29, 1.82) is 0 Å². The number of Topliss-reactive ketones (excluding diaryl/α,β-unsaturated/α-hetero) is 1. The van der Waals surface area contributed by atoms with E-state index in [1.54, 1.807) is 44.5 Å². The number of hydrogen-bond acceptors (Lipinski definition) is 4. The van der Waals surface area contributed by atoms with E-state index < -0.39 is 23.4 Å². The zero-order valence-electron chi connectivity index (χ0n) is 18.6. The Hall–Kier alpha value is -3.00. The lowest BCUT2D eigenvalue weighted by molar-refractivity contribution is -0.117. The van der Waals surface area contributed by atoms with Gasteiger partial charge in [0, 0.05) is 30.5 Å². The van der Waals surface area contributed by atoms with Crippen molar-refractivity contribution < 1.29 is 18.8 Å². The Labute approximate surface area is 181 Å². The van der Waals surface area contributed by atoms with Crippen LogP contribution in [0.2, 0.25) is 0 Å². The number of carbonyl (C=O) groups is 3. The summed E-state index contributed by atoms with van der Waals surface area (Å²) in [6.45, 7) is 7.81. The molecule has 0 saturated carbocycles. The Bertz CT molecular complexity index is 1040. The summed E-state index contributed by atoms with van der Waals surface area (Å²) in [5.74, 6) is -2.22. The number of hydrogen-bond donors (Lipinski definition) is 3. The molecule has 1 aromatic heterocycles. The van der Waals surface area contributed by atoms with Gasteiger partial charge < -0.3 is 20.5 Å². The third-order valence-corrected chi connectivity index (χ3v) is 5.97. The van der Waals surface area contributed by atoms with E-state index in [4.69, 9.17) is 0 Å². The normalized spacial score (nSPS) is 18.5. The molecule has 0 radical (unpaired) electrons. The van der Waals surface area contributed by atoms with E-state index in [0.29, 0.717) is 28.1 Å². The topological polar surface area (TPSA) is 92.2 Å². The Morgan fingerprint density at radius 1 is 1.19 bits per heavy atom. The first-order valence-electron chi connectivity index (χ1n) is 10.4. The molecule has 2 heterocycles. The summed E-state index contributed by atoms with van der Waals surface area (Å²) in [6, 6.07) is 4.66. The highest BCUT2D eigenvalue weighted by atomic mass is 19.1. The molecule has 1 aromatic carbocycles. The summed E-state index contributed by atoms with van der Waals surface area (Å²) < 4.78 is 15.4. The highest BCUT2D eigenvalue weighted by Crippen LogP contribution is 2.24. The summed E-state index contributed by atoms with van der Waals surface area (Å²) in [6.07, 6.45) is 1.51. The molecular formula is C23H29FN4O3. The van der Waals surface area contributed by atoms with E-state index in [9.17, 15) is 18.8 Å². The molecule has 0 unspecified atom stereocenters. The van der Waals surface area contributed by atoms with Crippen molar-refractivity contribution in [1.82, 2.24) is 15.2 Å². The Balaban J connectivity index is 1.81. The van der Waals surface area contributed by atoms with Gasteiger partial charge in [-0.2, -0.15) is 0 Å². The fourth-order valence-electron chi connectivity index (χ4n) is 4.12. The first-order valence-corrected chi connectivity index (χ1v) is 10.4. The third kappa shape index (κ3) is 4.69. The lowest BCUT2D eigenvalue weighted by Gasteiger charge is -2.28. The van der Waals surface area contributed by atoms with Crippen LogP contribution in [0.4, 0.5) is 10.1 Å². The number of halogens is 1. The van der Waals surface area contributed by atoms with Gasteiger partial charge >= 0.3 is 0 Å². The van der Waals surface area contributed by atoms with Crippen molar-refractivity contribution >= 4 is 23.3 Å². The maximum atomic E-state index is 13.8. The van der Waals surface area contributed by atoms with Crippen LogP contribution in [0.15, 0.2) is 18.2 Å². The predicted molar refractivity (Wildman–Crippen MR) is 117 cm³/mol. The number of amides is 2. The van der Waals surface area contributed by atoms with Crippen molar-refractivity contribution in [2.24, 2.45) is 7.05 Å². The lowest BCUT2D eigenvalue weighted by atomic mass is 10.00. The van der Waals surface area contributed by atoms with Crippen LogP contribution in [-0.4, -0.2) is 40.8 Å². The molecule has 3 N–H and O–H groups in total. The van der Waals surface area contributed by atoms with Gasteiger partial charge in [0.25, 0.3) is 17.6 Å². The number of anilines is 1. The van der Waals surface area contributed by atoms with Crippen LogP contribution in [0, 0.1) is 26.6 Å². The van der Waals surface area contributed by atoms with Gasteiger partial charge in [0.05, 0.1) is 11.3 Å². The molecule has 0 aliphatic carbocycles. The molecule has 1 aliphatic heterocycles. The molecule has 2 atom stereocenters. The van der Waals surface area contributed by atoms with E-state index in [2.05, 4.69) is 16.0 Å². The van der Waals surface area contributed by atoms with Crippen LogP contribution in [0.1, 0.15) is 57.4 Å². The van der Waals surface area contributed by atoms with Gasteiger partial charge in [-0.05, 0) is 70.3 Å². The molecule has 0 bridgehead atoms. The van der Waals surface area contributed by atoms with Gasteiger partial charge in [-0.3, -0.25) is 14.4 Å². The molecule has 31 heavy (non-hydrogen) atoms. The van der Waals surface area contributed by atoms with Gasteiger partial charge in [0.15, 0.2) is 0 Å². The standard InChI is InChI=1S/C23H29FN4O3/c1-12-6-7-16(11-18(12)24)26-22(30)19-14(3)20(28(5)15(19)4)21(29)23(31)27-17-8-9-25-13(2)10-17/h6-7,11,13,17,25H,8-10H2,1-5H3,(H,26,30)(H,27,31)/t13-,17+/m1/s1. The van der Waals surface area contributed by atoms with E-state index >= 15 is 0 Å². The smallest absolute Gasteiger partial charge is 0.294 e. The molecule has 8 heteroatoms. The zero-order valence-corrected chi connectivity index (χ0v) is 18.6. The minimum absolute atomic E-state index is 0.0615. The van der Waals surface area contributed by atoms with Gasteiger partial charge in [0.2, 0.25) is 0 Å². The highest BCUT2D eigenvalue weighted by molar-refractivity contribution is 6.43. The summed E-state index contributed by atoms with van der Waals surface area (Å²) in [7, 11) is 1.65. The van der Waals surface area contributed by atoms with Crippen LogP contribution < -0.4 is 16.0 Å². The average molecular weight is 429 g/mol. The number of nitrogens with zero attached hydrogens (tertiary/aromatic N) is 1. The predicted octanol–water partition coefficient (Wildman–Crippen LogP) is 2.78. The van der Waals surface area contributed by atoms with Crippen LogP contribution in [0.3, 0.4) is 0 Å². The number of rotatable bonds is 5. The van der Waals surface area contributed by atoms with Gasteiger partial charge in [0.1, 0.15) is 5.82 Å². The highest BCUT2D eigenvalue weighted by Gasteiger charge is 2.30. The van der Waals surface area contributed by atoms with Crippen LogP contribution in [0.25, 0.3) is 0 Å². The maximum Gasteiger partial charge on any atom is 0.294 e. The number of aromatic nitrogens is 1. The quantitative estimate of drug-likeness (QED) is 0.504. The van der Waals surface area contributed by atoms with Gasteiger partial charge in [-0.1, -0.05) is 6.07 Å². The summed E-state index contributed by atoms with van der Waals surface area (Å²) >= 11 is 0. The number of ketones is 1. The maximum absolute atomic E-state index is 13.8. The summed E-state index contributed by atoms with van der Waals surface area (Å²) in [5.41, 5.74) is 2.25. The number of nitrogens with one attached hydrogen (secondary N) is 3. The third-order valence-electron chi connectivity index (χ3n) is 5.97. The molecule has 2 aromatic rings. The Kier molecular flexibility index (Phi) is 6.59. The molecule has 1 saturated heterocycles. The van der Waals surface area contributed by atoms with Crippen LogP contribution >= 0.6 is 0 Å². The van der Waals surface area contributed by atoms with E-state index in [1.807, 2.05) is 6.92 Å². The van der Waals surface area contributed by atoms with Crippen LogP contribution in [0.5, 0.6) is 0 Å². The molecule has 0 spiro atoms. The molecule has 7 nitrogen and oxygen atoms in total. The number of piperidine rings is 1. The van der Waals surface area contributed by atoms with Crippen LogP contribution in [-0.2, 0) is 11.8 Å². The number of benzene rings is 1. The first kappa shape index (κ1) is 22.7.